The lowest BCUT2D eigenvalue weighted by atomic mass is 10.3. The zero-order valence-corrected chi connectivity index (χ0v) is 11.5. The van der Waals surface area contributed by atoms with E-state index in [0.29, 0.717) is 11.6 Å². The molecule has 2 rings (SSSR count). The minimum atomic E-state index is -0.615. The molecule has 0 amide bonds. The Hall–Kier alpha value is -1.87. The zero-order valence-electron chi connectivity index (χ0n) is 10.7. The Bertz CT molecular complexity index is 551. The zero-order chi connectivity index (χ0) is 14.7. The van der Waals surface area contributed by atoms with Gasteiger partial charge in [-0.25, -0.2) is 4.98 Å². The number of pyridine rings is 1. The van der Waals surface area contributed by atoms with Gasteiger partial charge >= 0.3 is 0 Å². The molecule has 8 nitrogen and oxygen atoms in total. The van der Waals surface area contributed by atoms with Gasteiger partial charge in [-0.05, 0) is 19.4 Å². The molecule has 3 N–H and O–H groups in total. The first-order chi connectivity index (χ1) is 9.52. The predicted molar refractivity (Wildman–Crippen MR) is 73.1 cm³/mol. The monoisotopic (exact) mass is 298 g/mol. The number of nitrogens with two attached hydrogens (primary N) is 1. The minimum absolute atomic E-state index is 0.101. The van der Waals surface area contributed by atoms with Crippen LogP contribution in [0, 0.1) is 10.1 Å². The molecule has 1 fully saturated rings. The van der Waals surface area contributed by atoms with E-state index in [9.17, 15) is 10.1 Å². The van der Waals surface area contributed by atoms with Gasteiger partial charge in [-0.3, -0.25) is 10.1 Å². The third-order valence-corrected chi connectivity index (χ3v) is 4.36. The van der Waals surface area contributed by atoms with Crippen molar-refractivity contribution in [2.75, 3.05) is 6.61 Å². The molecule has 1 saturated heterocycles. The van der Waals surface area contributed by atoms with Crippen molar-refractivity contribution in [3.8, 4) is 0 Å². The molecule has 0 aliphatic carbocycles. The number of ether oxygens (including phenoxy) is 1. The van der Waals surface area contributed by atoms with Gasteiger partial charge in [0.05, 0.1) is 16.1 Å². The fraction of sp³-hybridized carbons (Fsp3) is 0.455. The molecule has 2 atom stereocenters. The van der Waals surface area contributed by atoms with Crippen molar-refractivity contribution in [1.82, 2.24) is 4.98 Å². The molecule has 9 heteroatoms. The van der Waals surface area contributed by atoms with Gasteiger partial charge in [0.2, 0.25) is 0 Å². The summed E-state index contributed by atoms with van der Waals surface area (Å²) < 4.78 is 5.45. The van der Waals surface area contributed by atoms with E-state index in [1.165, 1.54) is 17.8 Å². The summed E-state index contributed by atoms with van der Waals surface area (Å²) in [5.41, 5.74) is 5.01. The average Bonchev–Trinajstić information content (AvgIpc) is 2.83. The van der Waals surface area contributed by atoms with E-state index in [1.807, 2.05) is 6.92 Å². The first-order valence-corrected chi connectivity index (χ1v) is 6.82. The molecule has 1 aliphatic rings. The number of nitrogens with zero attached hydrogens (tertiary/aromatic N) is 3. The highest BCUT2D eigenvalue weighted by Gasteiger charge is 2.27. The normalized spacial score (nSPS) is 22.9. The molecule has 2 heterocycles. The topological polar surface area (TPSA) is 124 Å². The lowest BCUT2D eigenvalue weighted by Crippen LogP contribution is -2.18. The minimum Gasteiger partial charge on any atom is -0.409 e. The first-order valence-electron chi connectivity index (χ1n) is 5.94. The highest BCUT2D eigenvalue weighted by Crippen LogP contribution is 2.32. The van der Waals surface area contributed by atoms with E-state index in [1.54, 1.807) is 6.07 Å². The van der Waals surface area contributed by atoms with Gasteiger partial charge in [0.25, 0.3) is 5.69 Å². The number of aromatic nitrogens is 1. The van der Waals surface area contributed by atoms with Gasteiger partial charge in [-0.15, -0.1) is 11.8 Å². The van der Waals surface area contributed by atoms with E-state index < -0.39 is 4.92 Å². The summed E-state index contributed by atoms with van der Waals surface area (Å²) in [5.74, 6) is -0.380. The van der Waals surface area contributed by atoms with E-state index in [0.717, 1.165) is 6.42 Å². The van der Waals surface area contributed by atoms with Crippen molar-refractivity contribution in [3.05, 3.63) is 27.9 Å². The van der Waals surface area contributed by atoms with Crippen molar-refractivity contribution < 1.29 is 14.9 Å². The molecule has 1 aromatic heterocycles. The maximum absolute atomic E-state index is 10.9. The number of thioether (sulfide) groups is 1. The van der Waals surface area contributed by atoms with Gasteiger partial charge in [0, 0.05) is 17.9 Å². The fourth-order valence-corrected chi connectivity index (χ4v) is 2.99. The van der Waals surface area contributed by atoms with Gasteiger partial charge in [0.15, 0.2) is 11.5 Å². The Balaban J connectivity index is 2.29. The quantitative estimate of drug-likeness (QED) is 0.282. The first kappa shape index (κ1) is 14.5. The van der Waals surface area contributed by atoms with Crippen LogP contribution in [0.5, 0.6) is 0 Å². The Morgan fingerprint density at radius 3 is 3.00 bits per heavy atom. The number of oxime groups is 1. The Morgan fingerprint density at radius 2 is 2.45 bits per heavy atom. The second-order valence-corrected chi connectivity index (χ2v) is 5.54. The second kappa shape index (κ2) is 6.06. The lowest BCUT2D eigenvalue weighted by Gasteiger charge is -2.13. The van der Waals surface area contributed by atoms with Gasteiger partial charge in [0.1, 0.15) is 0 Å². The molecular weight excluding hydrogens is 284 g/mol. The molecule has 0 saturated carbocycles. The lowest BCUT2D eigenvalue weighted by molar-refractivity contribution is -0.385. The van der Waals surface area contributed by atoms with Crippen molar-refractivity contribution in [1.29, 1.82) is 0 Å². The molecule has 0 aromatic carbocycles. The Labute approximate surface area is 119 Å². The number of amidine groups is 1. The number of nitro groups is 1. The predicted octanol–water partition coefficient (Wildman–Crippen LogP) is 1.35. The molecule has 20 heavy (non-hydrogen) atoms. The molecule has 1 aromatic rings. The number of hydrogen-bond acceptors (Lipinski definition) is 7. The third kappa shape index (κ3) is 2.99. The van der Waals surface area contributed by atoms with Crippen LogP contribution in [0.15, 0.2) is 22.3 Å². The SMILES string of the molecule is CC1OCCC1Sc1ccc([N+](=O)[O-])c(/C(N)=N/O)n1. The maximum Gasteiger partial charge on any atom is 0.298 e. The van der Waals surface area contributed by atoms with Crippen LogP contribution in [-0.4, -0.2) is 38.9 Å². The third-order valence-electron chi connectivity index (χ3n) is 2.97. The van der Waals surface area contributed by atoms with E-state index in [2.05, 4.69) is 10.1 Å². The summed E-state index contributed by atoms with van der Waals surface area (Å²) in [4.78, 5) is 14.4. The van der Waals surface area contributed by atoms with Crippen LogP contribution in [0.1, 0.15) is 19.0 Å². The summed E-state index contributed by atoms with van der Waals surface area (Å²) in [6.07, 6.45) is 0.993. The second-order valence-electron chi connectivity index (χ2n) is 4.28. The molecule has 1 aliphatic heterocycles. The van der Waals surface area contributed by atoms with E-state index in [4.69, 9.17) is 15.7 Å². The average molecular weight is 298 g/mol. The van der Waals surface area contributed by atoms with Crippen molar-refractivity contribution >= 4 is 23.3 Å². The summed E-state index contributed by atoms with van der Waals surface area (Å²) in [5, 5.41) is 23.2. The highest BCUT2D eigenvalue weighted by molar-refractivity contribution is 7.99. The summed E-state index contributed by atoms with van der Waals surface area (Å²) >= 11 is 1.47. The number of hydrogen-bond donors (Lipinski definition) is 2. The van der Waals surface area contributed by atoms with Gasteiger partial charge in [-0.1, -0.05) is 5.16 Å². The van der Waals surface area contributed by atoms with Crippen LogP contribution in [0.4, 0.5) is 5.69 Å². The van der Waals surface area contributed by atoms with Crippen LogP contribution < -0.4 is 5.73 Å². The van der Waals surface area contributed by atoms with Gasteiger partial charge < -0.3 is 15.7 Å². The van der Waals surface area contributed by atoms with Crippen molar-refractivity contribution in [2.45, 2.75) is 29.7 Å². The van der Waals surface area contributed by atoms with Crippen LogP contribution in [0.25, 0.3) is 0 Å². The fourth-order valence-electron chi connectivity index (χ4n) is 1.90. The molecular formula is C11H14N4O4S. The van der Waals surface area contributed by atoms with Crippen LogP contribution in [0.3, 0.4) is 0 Å². The highest BCUT2D eigenvalue weighted by atomic mass is 32.2. The molecule has 0 bridgehead atoms. The van der Waals surface area contributed by atoms with E-state index in [-0.39, 0.29) is 28.6 Å². The summed E-state index contributed by atoms with van der Waals surface area (Å²) in [7, 11) is 0. The number of rotatable bonds is 4. The van der Waals surface area contributed by atoms with Crippen molar-refractivity contribution in [3.63, 3.8) is 0 Å². The van der Waals surface area contributed by atoms with Crippen LogP contribution in [-0.2, 0) is 4.74 Å². The largest absolute Gasteiger partial charge is 0.409 e. The summed E-state index contributed by atoms with van der Waals surface area (Å²) in [6.45, 7) is 2.67. The maximum atomic E-state index is 10.9. The van der Waals surface area contributed by atoms with Gasteiger partial charge in [-0.2, -0.15) is 0 Å². The molecule has 0 spiro atoms. The molecule has 0 radical (unpaired) electrons. The van der Waals surface area contributed by atoms with Crippen LogP contribution in [0.2, 0.25) is 0 Å². The molecule has 2 unspecified atom stereocenters. The Kier molecular flexibility index (Phi) is 4.40. The molecule has 108 valence electrons. The van der Waals surface area contributed by atoms with Crippen molar-refractivity contribution in [2.24, 2.45) is 10.9 Å². The standard InChI is InChI=1S/C11H14N4O4S/c1-6-8(4-5-19-6)20-9-3-2-7(15(17)18)10(13-9)11(12)14-16/h2-3,6,8,16H,4-5H2,1H3,(H2,12,14). The van der Waals surface area contributed by atoms with E-state index >= 15 is 0 Å². The Morgan fingerprint density at radius 1 is 1.70 bits per heavy atom. The smallest absolute Gasteiger partial charge is 0.298 e. The summed E-state index contributed by atoms with van der Waals surface area (Å²) in [6, 6.07) is 2.87. The van der Waals surface area contributed by atoms with Crippen LogP contribution >= 0.6 is 11.8 Å².